The number of aliphatic imine (C=N–C) groups is 1. The summed E-state index contributed by atoms with van der Waals surface area (Å²) in [7, 11) is 0. The maximum atomic E-state index is 4.67. The molecule has 0 bridgehead atoms. The molecule has 0 spiro atoms. The van der Waals surface area contributed by atoms with E-state index in [0.717, 1.165) is 43.4 Å². The van der Waals surface area contributed by atoms with E-state index in [1.165, 1.54) is 25.7 Å². The SMILES string of the molecule is CCNC(=NCc1ccc(N2CCCCCC2)nc1)NC(C)CC.I. The van der Waals surface area contributed by atoms with E-state index in [4.69, 9.17) is 0 Å². The predicted molar refractivity (Wildman–Crippen MR) is 118 cm³/mol. The first-order valence-corrected chi connectivity index (χ1v) is 9.47. The maximum absolute atomic E-state index is 4.67. The quantitative estimate of drug-likeness (QED) is 0.385. The van der Waals surface area contributed by atoms with Crippen LogP contribution >= 0.6 is 24.0 Å². The van der Waals surface area contributed by atoms with Gasteiger partial charge in [-0.1, -0.05) is 25.8 Å². The van der Waals surface area contributed by atoms with Crippen molar-refractivity contribution in [2.75, 3.05) is 24.5 Å². The molecule has 25 heavy (non-hydrogen) atoms. The van der Waals surface area contributed by atoms with Gasteiger partial charge in [-0.05, 0) is 44.7 Å². The van der Waals surface area contributed by atoms with E-state index < -0.39 is 0 Å². The lowest BCUT2D eigenvalue weighted by Gasteiger charge is -2.21. The number of hydrogen-bond donors (Lipinski definition) is 2. The molecule has 1 saturated heterocycles. The molecule has 2 rings (SSSR count). The van der Waals surface area contributed by atoms with Crippen LogP contribution in [0, 0.1) is 0 Å². The molecule has 0 aliphatic carbocycles. The monoisotopic (exact) mass is 459 g/mol. The van der Waals surface area contributed by atoms with Crippen LogP contribution in [0.2, 0.25) is 0 Å². The van der Waals surface area contributed by atoms with Gasteiger partial charge in [-0.15, -0.1) is 24.0 Å². The first-order chi connectivity index (χ1) is 11.7. The number of pyridine rings is 1. The lowest BCUT2D eigenvalue weighted by atomic mass is 10.2. The summed E-state index contributed by atoms with van der Waals surface area (Å²) in [5, 5.41) is 6.72. The number of nitrogens with one attached hydrogen (secondary N) is 2. The topological polar surface area (TPSA) is 52.6 Å². The molecule has 0 amide bonds. The molecule has 2 heterocycles. The lowest BCUT2D eigenvalue weighted by Crippen LogP contribution is -2.41. The van der Waals surface area contributed by atoms with Crippen LogP contribution < -0.4 is 15.5 Å². The second-order valence-electron chi connectivity index (χ2n) is 6.57. The largest absolute Gasteiger partial charge is 0.357 e. The fourth-order valence-electron chi connectivity index (χ4n) is 2.82. The number of nitrogens with zero attached hydrogens (tertiary/aromatic N) is 3. The van der Waals surface area contributed by atoms with Gasteiger partial charge >= 0.3 is 0 Å². The Hall–Kier alpha value is -1.05. The summed E-state index contributed by atoms with van der Waals surface area (Å²) in [4.78, 5) is 11.7. The van der Waals surface area contributed by atoms with Crippen molar-refractivity contribution in [1.82, 2.24) is 15.6 Å². The van der Waals surface area contributed by atoms with Crippen molar-refractivity contribution in [3.8, 4) is 0 Å². The summed E-state index contributed by atoms with van der Waals surface area (Å²) in [5.74, 6) is 1.98. The number of anilines is 1. The van der Waals surface area contributed by atoms with Gasteiger partial charge in [-0.3, -0.25) is 0 Å². The predicted octanol–water partition coefficient (Wildman–Crippen LogP) is 3.93. The van der Waals surface area contributed by atoms with Gasteiger partial charge in [0.1, 0.15) is 5.82 Å². The van der Waals surface area contributed by atoms with Gasteiger partial charge in [-0.25, -0.2) is 9.98 Å². The minimum Gasteiger partial charge on any atom is -0.357 e. The Balaban J connectivity index is 0.00000312. The molecular formula is C19H34IN5. The molecule has 142 valence electrons. The van der Waals surface area contributed by atoms with E-state index in [9.17, 15) is 0 Å². The molecular weight excluding hydrogens is 425 g/mol. The minimum absolute atomic E-state index is 0. The number of guanidine groups is 1. The zero-order chi connectivity index (χ0) is 17.2. The molecule has 1 fully saturated rings. The van der Waals surface area contributed by atoms with E-state index in [1.54, 1.807) is 0 Å². The molecule has 5 nitrogen and oxygen atoms in total. The fraction of sp³-hybridized carbons (Fsp3) is 0.684. The number of halogens is 1. The normalized spacial score (nSPS) is 16.6. The summed E-state index contributed by atoms with van der Waals surface area (Å²) >= 11 is 0. The summed E-state index contributed by atoms with van der Waals surface area (Å²) < 4.78 is 0. The number of hydrogen-bond acceptors (Lipinski definition) is 3. The third-order valence-corrected chi connectivity index (χ3v) is 4.50. The van der Waals surface area contributed by atoms with Gasteiger partial charge < -0.3 is 15.5 Å². The van der Waals surface area contributed by atoms with Crippen molar-refractivity contribution in [2.45, 2.75) is 65.5 Å². The van der Waals surface area contributed by atoms with E-state index in [2.05, 4.69) is 58.4 Å². The molecule has 1 aliphatic heterocycles. The molecule has 0 saturated carbocycles. The molecule has 1 unspecified atom stereocenters. The van der Waals surface area contributed by atoms with Crippen molar-refractivity contribution >= 4 is 35.8 Å². The van der Waals surface area contributed by atoms with Crippen LogP contribution in [0.15, 0.2) is 23.3 Å². The third-order valence-electron chi connectivity index (χ3n) is 4.50. The highest BCUT2D eigenvalue weighted by atomic mass is 127. The van der Waals surface area contributed by atoms with Crippen LogP contribution in [-0.2, 0) is 6.54 Å². The first kappa shape index (κ1) is 22.0. The van der Waals surface area contributed by atoms with Gasteiger partial charge in [0.15, 0.2) is 5.96 Å². The standard InChI is InChI=1S/C19H33N5.HI/c1-4-16(3)23-19(20-5-2)22-15-17-10-11-18(21-14-17)24-12-8-6-7-9-13-24;/h10-11,14,16H,4-9,12-13,15H2,1-3H3,(H2,20,22,23);1H. The Morgan fingerprint density at radius 3 is 2.48 bits per heavy atom. The molecule has 0 radical (unpaired) electrons. The smallest absolute Gasteiger partial charge is 0.191 e. The number of rotatable bonds is 6. The van der Waals surface area contributed by atoms with E-state index in [1.807, 2.05) is 6.20 Å². The van der Waals surface area contributed by atoms with Crippen molar-refractivity contribution in [2.24, 2.45) is 4.99 Å². The molecule has 1 aromatic rings. The summed E-state index contributed by atoms with van der Waals surface area (Å²) in [5.41, 5.74) is 1.15. The zero-order valence-electron chi connectivity index (χ0n) is 15.9. The van der Waals surface area contributed by atoms with Gasteiger partial charge in [0.05, 0.1) is 6.54 Å². The highest BCUT2D eigenvalue weighted by molar-refractivity contribution is 14.0. The van der Waals surface area contributed by atoms with Crippen LogP contribution in [0.3, 0.4) is 0 Å². The maximum Gasteiger partial charge on any atom is 0.191 e. The van der Waals surface area contributed by atoms with Crippen LogP contribution in [0.5, 0.6) is 0 Å². The Morgan fingerprint density at radius 2 is 1.92 bits per heavy atom. The van der Waals surface area contributed by atoms with E-state index >= 15 is 0 Å². The average Bonchev–Trinajstić information content (AvgIpc) is 2.89. The Bertz CT molecular complexity index is 495. The zero-order valence-corrected chi connectivity index (χ0v) is 18.3. The average molecular weight is 459 g/mol. The van der Waals surface area contributed by atoms with Crippen LogP contribution in [0.25, 0.3) is 0 Å². The lowest BCUT2D eigenvalue weighted by molar-refractivity contribution is 0.624. The second-order valence-corrected chi connectivity index (χ2v) is 6.57. The molecule has 1 aromatic heterocycles. The van der Waals surface area contributed by atoms with E-state index in [-0.39, 0.29) is 24.0 Å². The van der Waals surface area contributed by atoms with Crippen molar-refractivity contribution < 1.29 is 0 Å². The number of aromatic nitrogens is 1. The highest BCUT2D eigenvalue weighted by Gasteiger charge is 2.10. The van der Waals surface area contributed by atoms with Crippen molar-refractivity contribution in [3.63, 3.8) is 0 Å². The Morgan fingerprint density at radius 1 is 1.20 bits per heavy atom. The molecule has 0 aromatic carbocycles. The minimum atomic E-state index is 0. The molecule has 1 aliphatic rings. The first-order valence-electron chi connectivity index (χ1n) is 9.47. The summed E-state index contributed by atoms with van der Waals surface area (Å²) in [6.07, 6.45) is 8.30. The van der Waals surface area contributed by atoms with Gasteiger partial charge in [-0.2, -0.15) is 0 Å². The van der Waals surface area contributed by atoms with Crippen LogP contribution in [0.4, 0.5) is 5.82 Å². The van der Waals surface area contributed by atoms with Crippen LogP contribution in [-0.4, -0.2) is 36.6 Å². The highest BCUT2D eigenvalue weighted by Crippen LogP contribution is 2.17. The summed E-state index contributed by atoms with van der Waals surface area (Å²) in [6, 6.07) is 4.72. The van der Waals surface area contributed by atoms with Crippen molar-refractivity contribution in [3.05, 3.63) is 23.9 Å². The van der Waals surface area contributed by atoms with Gasteiger partial charge in [0, 0.05) is 31.9 Å². The Kier molecular flexibility index (Phi) is 10.8. The van der Waals surface area contributed by atoms with Crippen molar-refractivity contribution in [1.29, 1.82) is 0 Å². The fourth-order valence-corrected chi connectivity index (χ4v) is 2.82. The summed E-state index contributed by atoms with van der Waals surface area (Å²) in [6.45, 7) is 10.2. The third kappa shape index (κ3) is 7.79. The van der Waals surface area contributed by atoms with Gasteiger partial charge in [0.2, 0.25) is 0 Å². The Labute approximate surface area is 170 Å². The van der Waals surface area contributed by atoms with Crippen LogP contribution in [0.1, 0.15) is 58.4 Å². The second kappa shape index (κ2) is 12.3. The van der Waals surface area contributed by atoms with E-state index in [0.29, 0.717) is 12.6 Å². The van der Waals surface area contributed by atoms with Gasteiger partial charge in [0.25, 0.3) is 0 Å². The molecule has 2 N–H and O–H groups in total. The molecule has 1 atom stereocenters. The molecule has 6 heteroatoms.